The minimum atomic E-state index is -0.358. The van der Waals surface area contributed by atoms with Crippen LogP contribution in [0.2, 0.25) is 0 Å². The molecule has 0 amide bonds. The Balaban J connectivity index is 1.81. The van der Waals surface area contributed by atoms with Gasteiger partial charge in [0.15, 0.2) is 0 Å². The Morgan fingerprint density at radius 1 is 1.35 bits per heavy atom. The number of hydrogen-bond acceptors (Lipinski definition) is 3. The second-order valence-corrected chi connectivity index (χ2v) is 5.17. The number of anilines is 1. The summed E-state index contributed by atoms with van der Waals surface area (Å²) in [6.45, 7) is 3.83. The molecule has 1 aromatic rings. The molecule has 17 heavy (non-hydrogen) atoms. The highest BCUT2D eigenvalue weighted by Crippen LogP contribution is 2.25. The Labute approximate surface area is 101 Å². The normalized spacial score (nSPS) is 28.2. The number of pyridine rings is 1. The van der Waals surface area contributed by atoms with E-state index >= 15 is 0 Å². The van der Waals surface area contributed by atoms with Gasteiger partial charge in [-0.2, -0.15) is 4.39 Å². The quantitative estimate of drug-likeness (QED) is 0.753. The highest BCUT2D eigenvalue weighted by Gasteiger charge is 2.29. The second kappa shape index (κ2) is 4.26. The largest absolute Gasteiger partial charge is 0.369 e. The van der Waals surface area contributed by atoms with Gasteiger partial charge in [0.1, 0.15) is 0 Å². The van der Waals surface area contributed by atoms with Gasteiger partial charge in [-0.15, -0.1) is 0 Å². The standard InChI is InChI=1S/C13H18FN3/c1-9-6-12(7-15-13(9)14)17-5-4-10-2-3-11(8-17)16-10/h6-7,10-11,16H,2-5,8H2,1H3/t10-,11+/m0/s1. The number of nitrogens with one attached hydrogen (secondary N) is 1. The van der Waals surface area contributed by atoms with Gasteiger partial charge in [0.25, 0.3) is 0 Å². The SMILES string of the molecule is Cc1cc(N2CC[C@@H]3CC[C@H](C2)N3)cnc1F. The van der Waals surface area contributed by atoms with Crippen LogP contribution in [0.3, 0.4) is 0 Å². The van der Waals surface area contributed by atoms with Crippen LogP contribution in [-0.4, -0.2) is 30.2 Å². The number of nitrogens with zero attached hydrogens (tertiary/aromatic N) is 2. The summed E-state index contributed by atoms with van der Waals surface area (Å²) in [4.78, 5) is 6.15. The van der Waals surface area contributed by atoms with Crippen molar-refractivity contribution in [1.82, 2.24) is 10.3 Å². The van der Waals surface area contributed by atoms with Gasteiger partial charge < -0.3 is 10.2 Å². The van der Waals surface area contributed by atoms with Crippen molar-refractivity contribution in [3.8, 4) is 0 Å². The van der Waals surface area contributed by atoms with Gasteiger partial charge in [-0.1, -0.05) is 0 Å². The van der Waals surface area contributed by atoms with Crippen LogP contribution in [0.5, 0.6) is 0 Å². The molecular weight excluding hydrogens is 217 g/mol. The monoisotopic (exact) mass is 235 g/mol. The third-order valence-electron chi connectivity index (χ3n) is 3.89. The van der Waals surface area contributed by atoms with E-state index in [0.29, 0.717) is 17.6 Å². The third kappa shape index (κ3) is 2.14. The molecular formula is C13H18FN3. The van der Waals surface area contributed by atoms with Gasteiger partial charge >= 0.3 is 0 Å². The highest BCUT2D eigenvalue weighted by atomic mass is 19.1. The van der Waals surface area contributed by atoms with Crippen molar-refractivity contribution in [3.05, 3.63) is 23.8 Å². The van der Waals surface area contributed by atoms with Crippen molar-refractivity contribution in [3.63, 3.8) is 0 Å². The number of aryl methyl sites for hydroxylation is 1. The lowest BCUT2D eigenvalue weighted by Gasteiger charge is -2.26. The first-order chi connectivity index (χ1) is 8.22. The van der Waals surface area contributed by atoms with Crippen LogP contribution >= 0.6 is 0 Å². The van der Waals surface area contributed by atoms with E-state index in [2.05, 4.69) is 15.2 Å². The maximum Gasteiger partial charge on any atom is 0.215 e. The predicted octanol–water partition coefficient (Wildman–Crippen LogP) is 1.86. The average molecular weight is 235 g/mol. The first-order valence-corrected chi connectivity index (χ1v) is 6.35. The molecule has 2 aliphatic rings. The lowest BCUT2D eigenvalue weighted by atomic mass is 10.1. The van der Waals surface area contributed by atoms with E-state index in [9.17, 15) is 4.39 Å². The number of rotatable bonds is 1. The Morgan fingerprint density at radius 3 is 3.00 bits per heavy atom. The molecule has 0 unspecified atom stereocenters. The van der Waals surface area contributed by atoms with Crippen molar-refractivity contribution in [1.29, 1.82) is 0 Å². The lowest BCUT2D eigenvalue weighted by molar-refractivity contribution is 0.563. The molecule has 2 fully saturated rings. The second-order valence-electron chi connectivity index (χ2n) is 5.17. The van der Waals surface area contributed by atoms with Crippen LogP contribution in [0.15, 0.2) is 12.3 Å². The summed E-state index contributed by atoms with van der Waals surface area (Å²) in [5, 5.41) is 3.64. The van der Waals surface area contributed by atoms with Crippen molar-refractivity contribution >= 4 is 5.69 Å². The minimum absolute atomic E-state index is 0.358. The van der Waals surface area contributed by atoms with Gasteiger partial charge in [-0.3, -0.25) is 0 Å². The minimum Gasteiger partial charge on any atom is -0.369 e. The van der Waals surface area contributed by atoms with Crippen molar-refractivity contribution in [2.45, 2.75) is 38.3 Å². The van der Waals surface area contributed by atoms with E-state index < -0.39 is 0 Å². The average Bonchev–Trinajstić information content (AvgIpc) is 2.63. The molecule has 0 radical (unpaired) electrons. The van der Waals surface area contributed by atoms with Crippen LogP contribution < -0.4 is 10.2 Å². The molecule has 1 aromatic heterocycles. The molecule has 1 N–H and O–H groups in total. The smallest absolute Gasteiger partial charge is 0.215 e. The number of hydrogen-bond donors (Lipinski definition) is 1. The van der Waals surface area contributed by atoms with Crippen LogP contribution in [0, 0.1) is 12.9 Å². The molecule has 2 bridgehead atoms. The molecule has 2 aliphatic heterocycles. The summed E-state index contributed by atoms with van der Waals surface area (Å²) in [5.74, 6) is -0.358. The maximum atomic E-state index is 13.2. The summed E-state index contributed by atoms with van der Waals surface area (Å²) in [7, 11) is 0. The molecule has 0 aromatic carbocycles. The third-order valence-corrected chi connectivity index (χ3v) is 3.89. The molecule has 2 saturated heterocycles. The molecule has 4 heteroatoms. The zero-order valence-corrected chi connectivity index (χ0v) is 10.1. The lowest BCUT2D eigenvalue weighted by Crippen LogP contribution is -2.35. The number of aromatic nitrogens is 1. The van der Waals surface area contributed by atoms with E-state index in [1.807, 2.05) is 6.07 Å². The highest BCUT2D eigenvalue weighted by molar-refractivity contribution is 5.46. The molecule has 0 saturated carbocycles. The Kier molecular flexibility index (Phi) is 2.74. The van der Waals surface area contributed by atoms with Gasteiger partial charge in [0.05, 0.1) is 11.9 Å². The Bertz CT molecular complexity index is 421. The zero-order chi connectivity index (χ0) is 11.8. The van der Waals surface area contributed by atoms with Crippen molar-refractivity contribution < 1.29 is 4.39 Å². The first kappa shape index (κ1) is 11.0. The van der Waals surface area contributed by atoms with Crippen LogP contribution in [0.25, 0.3) is 0 Å². The summed E-state index contributed by atoms with van der Waals surface area (Å²) in [6, 6.07) is 3.17. The fourth-order valence-corrected chi connectivity index (χ4v) is 2.89. The fourth-order valence-electron chi connectivity index (χ4n) is 2.89. The van der Waals surface area contributed by atoms with Gasteiger partial charge in [0, 0.05) is 30.7 Å². The summed E-state index contributed by atoms with van der Waals surface area (Å²) in [5.41, 5.74) is 1.68. The van der Waals surface area contributed by atoms with E-state index in [0.717, 1.165) is 18.8 Å². The van der Waals surface area contributed by atoms with Gasteiger partial charge in [-0.05, 0) is 32.3 Å². The van der Waals surface area contributed by atoms with Gasteiger partial charge in [-0.25, -0.2) is 4.98 Å². The molecule has 92 valence electrons. The van der Waals surface area contributed by atoms with E-state index in [-0.39, 0.29) is 5.95 Å². The number of halogens is 1. The summed E-state index contributed by atoms with van der Waals surface area (Å²) < 4.78 is 13.2. The molecule has 3 heterocycles. The zero-order valence-electron chi connectivity index (χ0n) is 10.1. The van der Waals surface area contributed by atoms with Crippen LogP contribution in [0.4, 0.5) is 10.1 Å². The summed E-state index contributed by atoms with van der Waals surface area (Å²) >= 11 is 0. The molecule has 3 rings (SSSR count). The molecule has 0 spiro atoms. The molecule has 0 aliphatic carbocycles. The van der Waals surface area contributed by atoms with Crippen molar-refractivity contribution in [2.24, 2.45) is 0 Å². The first-order valence-electron chi connectivity index (χ1n) is 6.35. The van der Waals surface area contributed by atoms with Gasteiger partial charge in [0.2, 0.25) is 5.95 Å². The Morgan fingerprint density at radius 2 is 2.18 bits per heavy atom. The molecule has 3 nitrogen and oxygen atoms in total. The van der Waals surface area contributed by atoms with Crippen molar-refractivity contribution in [2.75, 3.05) is 18.0 Å². The topological polar surface area (TPSA) is 28.2 Å². The van der Waals surface area contributed by atoms with E-state index in [1.54, 1.807) is 13.1 Å². The summed E-state index contributed by atoms with van der Waals surface area (Å²) in [6.07, 6.45) is 5.39. The van der Waals surface area contributed by atoms with Crippen LogP contribution in [0.1, 0.15) is 24.8 Å². The number of fused-ring (bicyclic) bond motifs is 2. The fraction of sp³-hybridized carbons (Fsp3) is 0.615. The predicted molar refractivity (Wildman–Crippen MR) is 65.7 cm³/mol. The molecule has 2 atom stereocenters. The van der Waals surface area contributed by atoms with Crippen LogP contribution in [-0.2, 0) is 0 Å². The maximum absolute atomic E-state index is 13.2. The Hall–Kier alpha value is -1.16. The van der Waals surface area contributed by atoms with E-state index in [4.69, 9.17) is 0 Å². The van der Waals surface area contributed by atoms with E-state index in [1.165, 1.54) is 19.3 Å².